The maximum absolute atomic E-state index is 10.9. The van der Waals surface area contributed by atoms with Gasteiger partial charge in [-0.15, -0.1) is 0 Å². The van der Waals surface area contributed by atoms with Crippen LogP contribution in [0.5, 0.6) is 0 Å². The summed E-state index contributed by atoms with van der Waals surface area (Å²) in [6.45, 7) is -4.33. The summed E-state index contributed by atoms with van der Waals surface area (Å²) >= 11 is 0. The monoisotopic (exact) mass is 738 g/mol. The van der Waals surface area contributed by atoms with Crippen molar-refractivity contribution in [2.24, 2.45) is 0 Å². The molecule has 19 atom stereocenters. The second-order valence-corrected chi connectivity index (χ2v) is 11.2. The van der Waals surface area contributed by atoms with E-state index < -0.39 is 149 Å². The molecule has 22 N–H and O–H groups in total. The predicted molar refractivity (Wildman–Crippen MR) is 148 cm³/mol. The quantitative estimate of drug-likeness (QED) is 0.0935. The van der Waals surface area contributed by atoms with Gasteiger partial charge >= 0.3 is 0 Å². The van der Waals surface area contributed by atoms with E-state index in [0.717, 1.165) is 0 Å². The summed E-state index contributed by atoms with van der Waals surface area (Å²) in [5.41, 5.74) is 0. The Hall–Kier alpha value is -1.00. The molecule has 4 heterocycles. The predicted octanol–water partition coefficient (Wildman–Crippen LogP) is -13.0. The van der Waals surface area contributed by atoms with Crippen LogP contribution in [0.15, 0.2) is 0 Å². The van der Waals surface area contributed by atoms with Gasteiger partial charge in [0.25, 0.3) is 0 Å². The van der Waals surface area contributed by atoms with Crippen molar-refractivity contribution in [3.63, 3.8) is 0 Å². The van der Waals surface area contributed by atoms with Crippen molar-refractivity contribution < 1.29 is 127 Å². The fraction of sp³-hybridized carbons (Fsp3) is 1.00. The van der Waals surface area contributed by atoms with Crippen LogP contribution in [-0.2, 0) is 33.2 Å². The number of ether oxygens (including phenoxy) is 7. The normalized spacial score (nSPS) is 48.4. The molecule has 0 bridgehead atoms. The maximum Gasteiger partial charge on any atom is 0.224 e. The second kappa shape index (κ2) is 19.7. The van der Waals surface area contributed by atoms with Crippen molar-refractivity contribution in [3.05, 3.63) is 0 Å². The Kier molecular flexibility index (Phi) is 19.3. The van der Waals surface area contributed by atoms with E-state index in [2.05, 4.69) is 0 Å². The Morgan fingerprint density at radius 1 is 0.469 bits per heavy atom. The van der Waals surface area contributed by atoms with Crippen molar-refractivity contribution in [2.45, 2.75) is 116 Å². The van der Waals surface area contributed by atoms with E-state index in [1.165, 1.54) is 0 Å². The number of aliphatic hydroxyl groups excluding tert-OH is 14. The van der Waals surface area contributed by atoms with Crippen LogP contribution in [0.4, 0.5) is 0 Å². The summed E-state index contributed by atoms with van der Waals surface area (Å²) in [7, 11) is 0. The van der Waals surface area contributed by atoms with Gasteiger partial charge in [-0.25, -0.2) is 0 Å². The van der Waals surface area contributed by atoms with Crippen molar-refractivity contribution >= 4 is 0 Å². The molecule has 0 spiro atoms. The molecule has 25 nitrogen and oxygen atoms in total. The molecular formula is C24H50O25. The lowest BCUT2D eigenvalue weighted by Crippen LogP contribution is -2.66. The molecule has 296 valence electrons. The SMILES string of the molecule is O.O.O.O.OC[C@H]1O[C@H](OC[C@H]2O[C@H](O[C@H]3[C@@H](O[C@]4(CO)O[C@H](CO)[C@@H](O)[C@@H]4O)O[C@H](CO)[C@@H](O)[C@@H]3O)[C@H](O)[C@@H](O)[C@H]2O)[C@H](O)[C@@H](O)[C@H]1O. The third-order valence-corrected chi connectivity index (χ3v) is 8.28. The highest BCUT2D eigenvalue weighted by atomic mass is 16.8. The third-order valence-electron chi connectivity index (χ3n) is 8.28. The maximum atomic E-state index is 10.9. The molecule has 0 unspecified atom stereocenters. The molecule has 0 aromatic carbocycles. The standard InChI is InChI=1S/C24H42O21.4H2O/c25-1-6-10(29)14(33)17(36)21(40-6)39-4-9-12(31)15(34)18(37)22(42-9)43-19-16(35)11(30)7(2-26)41-23(19)45-24(5-28)20(38)13(32)8(3-27)44-24;;;;/h6-23,25-38H,1-5H2;4*1H2/t6-,7-,8-,9-,10+,11-,12+,13-,14+,15+,16+,17-,18-,19-,20+,21+,22-,23-,24+;;;;/m1..../s1. The lowest BCUT2D eigenvalue weighted by Gasteiger charge is -2.47. The van der Waals surface area contributed by atoms with Crippen LogP contribution in [0.1, 0.15) is 0 Å². The highest BCUT2D eigenvalue weighted by Crippen LogP contribution is 2.37. The first-order valence-electron chi connectivity index (χ1n) is 14.1. The van der Waals surface area contributed by atoms with Gasteiger partial charge in [0, 0.05) is 0 Å². The minimum Gasteiger partial charge on any atom is -0.412 e. The lowest BCUT2D eigenvalue weighted by atomic mass is 9.97. The van der Waals surface area contributed by atoms with E-state index in [1.54, 1.807) is 0 Å². The molecule has 4 fully saturated rings. The highest BCUT2D eigenvalue weighted by molar-refractivity contribution is 4.99. The molecule has 25 heteroatoms. The molecule has 4 aliphatic heterocycles. The Morgan fingerprint density at radius 3 is 1.41 bits per heavy atom. The highest BCUT2D eigenvalue weighted by Gasteiger charge is 2.59. The van der Waals surface area contributed by atoms with Crippen LogP contribution >= 0.6 is 0 Å². The summed E-state index contributed by atoms with van der Waals surface area (Å²) in [6.07, 6.45) is -32.3. The number of aliphatic hydroxyl groups is 14. The van der Waals surface area contributed by atoms with E-state index in [0.29, 0.717) is 0 Å². The minimum absolute atomic E-state index is 0. The van der Waals surface area contributed by atoms with Crippen molar-refractivity contribution in [1.82, 2.24) is 0 Å². The van der Waals surface area contributed by atoms with Crippen molar-refractivity contribution in [3.8, 4) is 0 Å². The van der Waals surface area contributed by atoms with Crippen LogP contribution < -0.4 is 0 Å². The van der Waals surface area contributed by atoms with E-state index in [9.17, 15) is 71.5 Å². The largest absolute Gasteiger partial charge is 0.412 e. The molecule has 0 saturated carbocycles. The molecule has 4 aliphatic rings. The zero-order chi connectivity index (χ0) is 33.4. The van der Waals surface area contributed by atoms with Crippen LogP contribution in [-0.4, -0.2) is 243 Å². The molecular weight excluding hydrogens is 688 g/mol. The summed E-state index contributed by atoms with van der Waals surface area (Å²) in [6, 6.07) is 0. The topological polar surface area (TPSA) is 474 Å². The molecule has 0 aromatic rings. The van der Waals surface area contributed by atoms with Gasteiger partial charge in [0.1, 0.15) is 98.2 Å². The number of hydrogen-bond donors (Lipinski definition) is 14. The average molecular weight is 739 g/mol. The van der Waals surface area contributed by atoms with Gasteiger partial charge in [-0.1, -0.05) is 0 Å². The summed E-state index contributed by atoms with van der Waals surface area (Å²) in [4.78, 5) is 0. The summed E-state index contributed by atoms with van der Waals surface area (Å²) in [5, 5.41) is 142. The molecule has 4 rings (SSSR count). The Bertz CT molecular complexity index is 935. The summed E-state index contributed by atoms with van der Waals surface area (Å²) < 4.78 is 38.1. The van der Waals surface area contributed by atoms with Crippen LogP contribution in [0.25, 0.3) is 0 Å². The van der Waals surface area contributed by atoms with Gasteiger partial charge in [0.2, 0.25) is 5.79 Å². The fourth-order valence-corrected chi connectivity index (χ4v) is 5.48. The lowest BCUT2D eigenvalue weighted by molar-refractivity contribution is -0.409. The Labute approximate surface area is 276 Å². The van der Waals surface area contributed by atoms with Crippen LogP contribution in [0, 0.1) is 0 Å². The van der Waals surface area contributed by atoms with Gasteiger partial charge in [-0.3, -0.25) is 0 Å². The first-order chi connectivity index (χ1) is 21.2. The minimum atomic E-state index is -2.50. The van der Waals surface area contributed by atoms with E-state index in [4.69, 9.17) is 33.2 Å². The Morgan fingerprint density at radius 2 is 0.918 bits per heavy atom. The molecule has 0 radical (unpaired) electrons. The van der Waals surface area contributed by atoms with Crippen molar-refractivity contribution in [2.75, 3.05) is 33.0 Å². The van der Waals surface area contributed by atoms with Crippen LogP contribution in [0.2, 0.25) is 0 Å². The molecule has 0 amide bonds. The molecule has 0 aromatic heterocycles. The summed E-state index contributed by atoms with van der Waals surface area (Å²) in [5.74, 6) is -2.50. The van der Waals surface area contributed by atoms with Crippen LogP contribution in [0.3, 0.4) is 0 Å². The van der Waals surface area contributed by atoms with Crippen molar-refractivity contribution in [1.29, 1.82) is 0 Å². The Balaban J connectivity index is 0.00000576. The third kappa shape index (κ3) is 9.33. The van der Waals surface area contributed by atoms with Gasteiger partial charge in [0.05, 0.1) is 26.4 Å². The van der Waals surface area contributed by atoms with E-state index >= 15 is 0 Å². The molecule has 49 heavy (non-hydrogen) atoms. The smallest absolute Gasteiger partial charge is 0.224 e. The molecule has 4 saturated heterocycles. The average Bonchev–Trinajstić information content (AvgIpc) is 3.28. The number of rotatable bonds is 11. The number of hydrogen-bond acceptors (Lipinski definition) is 21. The van der Waals surface area contributed by atoms with Gasteiger partial charge in [0.15, 0.2) is 18.9 Å². The molecule has 0 aliphatic carbocycles. The van der Waals surface area contributed by atoms with Gasteiger partial charge in [-0.2, -0.15) is 0 Å². The first kappa shape index (κ1) is 48.0. The fourth-order valence-electron chi connectivity index (χ4n) is 5.48. The second-order valence-electron chi connectivity index (χ2n) is 11.2. The van der Waals surface area contributed by atoms with Gasteiger partial charge in [-0.05, 0) is 0 Å². The first-order valence-corrected chi connectivity index (χ1v) is 14.1. The zero-order valence-corrected chi connectivity index (χ0v) is 25.5. The van der Waals surface area contributed by atoms with E-state index in [-0.39, 0.29) is 21.9 Å². The zero-order valence-electron chi connectivity index (χ0n) is 25.5. The van der Waals surface area contributed by atoms with Gasteiger partial charge < -0.3 is 127 Å². The van der Waals surface area contributed by atoms with E-state index in [1.807, 2.05) is 0 Å².